The number of hydrogen-bond donors (Lipinski definition) is 0. The summed E-state index contributed by atoms with van der Waals surface area (Å²) in [6.45, 7) is 8.59. The van der Waals surface area contributed by atoms with E-state index in [0.29, 0.717) is 72.5 Å². The smallest absolute Gasteiger partial charge is 0.217 e. The van der Waals surface area contributed by atoms with Crippen LogP contribution >= 0.6 is 0 Å². The molecule has 10 heteroatoms. The number of nitriles is 1. The van der Waals surface area contributed by atoms with Crippen LogP contribution in [-0.2, 0) is 11.8 Å². The van der Waals surface area contributed by atoms with Gasteiger partial charge in [0, 0.05) is 23.3 Å². The molecule has 0 fully saturated rings. The zero-order valence-corrected chi connectivity index (χ0v) is 26.3. The predicted molar refractivity (Wildman–Crippen MR) is 161 cm³/mol. The molecule has 2 aromatic rings. The summed E-state index contributed by atoms with van der Waals surface area (Å²) in [7, 11) is 6.14. The maximum Gasteiger partial charge on any atom is 0.217 e. The molecule has 0 aromatic heterocycles. The molecule has 0 aliphatic rings. The van der Waals surface area contributed by atoms with E-state index >= 15 is 0 Å². The van der Waals surface area contributed by atoms with Gasteiger partial charge in [0.05, 0.1) is 53.1 Å². The van der Waals surface area contributed by atoms with Gasteiger partial charge in [-0.1, -0.05) is 32.8 Å². The molecule has 232 valence electrons. The average Bonchev–Trinajstić information content (AvgIpc) is 3.00. The van der Waals surface area contributed by atoms with Crippen LogP contribution in [0.3, 0.4) is 0 Å². The van der Waals surface area contributed by atoms with Gasteiger partial charge in [0.25, 0.3) is 0 Å². The Bertz CT molecular complexity index is 1210. The largest absolute Gasteiger partial charge is 0.493 e. The van der Waals surface area contributed by atoms with Crippen LogP contribution in [0.2, 0.25) is 0 Å². The van der Waals surface area contributed by atoms with E-state index in [9.17, 15) is 15.4 Å². The fourth-order valence-electron chi connectivity index (χ4n) is 5.79. The lowest BCUT2D eigenvalue weighted by molar-refractivity contribution is -0.523. The number of nitro groups is 1. The third-order valence-corrected chi connectivity index (χ3v) is 7.84. The van der Waals surface area contributed by atoms with Crippen molar-refractivity contribution in [2.24, 2.45) is 5.92 Å². The Labute approximate surface area is 250 Å². The fraction of sp³-hybridized carbons (Fsp3) is 0.594. The molecule has 2 aromatic carbocycles. The molecule has 10 nitrogen and oxygen atoms in total. The lowest BCUT2D eigenvalue weighted by Gasteiger charge is -2.37. The second-order valence-corrected chi connectivity index (χ2v) is 10.0. The Hall–Kier alpha value is -3.87. The number of methoxy groups -OCH3 is 4. The summed E-state index contributed by atoms with van der Waals surface area (Å²) in [5.74, 6) is 2.69. The van der Waals surface area contributed by atoms with E-state index in [0.717, 1.165) is 18.4 Å². The molecule has 2 atom stereocenters. The van der Waals surface area contributed by atoms with Crippen LogP contribution in [0.25, 0.3) is 0 Å². The van der Waals surface area contributed by atoms with Gasteiger partial charge >= 0.3 is 0 Å². The Morgan fingerprint density at radius 3 is 2.00 bits per heavy atom. The topological polar surface area (TPSA) is 122 Å². The highest BCUT2D eigenvalue weighted by Gasteiger charge is 2.43. The van der Waals surface area contributed by atoms with E-state index in [1.807, 2.05) is 26.0 Å². The number of ether oxygens (including phenoxy) is 6. The summed E-state index contributed by atoms with van der Waals surface area (Å²) in [5.41, 5.74) is 0.420. The molecule has 0 amide bonds. The molecule has 42 heavy (non-hydrogen) atoms. The van der Waals surface area contributed by atoms with Gasteiger partial charge < -0.3 is 28.4 Å². The first kappa shape index (κ1) is 34.3. The maximum absolute atomic E-state index is 12.2. The van der Waals surface area contributed by atoms with Gasteiger partial charge in [-0.15, -0.1) is 0 Å². The SMILES string of the molecule is CCOc1cc(C(C#N)(CCCC(Cc2ccc(OC)c(OC)c2)[N+](=O)[O-])C(CC)CC)c(OCC)c(OC)c1OC. The van der Waals surface area contributed by atoms with Gasteiger partial charge in [0.15, 0.2) is 23.0 Å². The monoisotopic (exact) mass is 586 g/mol. The van der Waals surface area contributed by atoms with Crippen molar-refractivity contribution in [3.63, 3.8) is 0 Å². The van der Waals surface area contributed by atoms with Crippen LogP contribution in [0.5, 0.6) is 34.5 Å². The van der Waals surface area contributed by atoms with E-state index in [1.165, 1.54) is 21.3 Å². The molecular weight excluding hydrogens is 540 g/mol. The van der Waals surface area contributed by atoms with Crippen molar-refractivity contribution in [3.8, 4) is 40.6 Å². The molecule has 0 saturated carbocycles. The van der Waals surface area contributed by atoms with Gasteiger partial charge in [0.1, 0.15) is 0 Å². The summed E-state index contributed by atoms with van der Waals surface area (Å²) < 4.78 is 34.1. The molecule has 0 spiro atoms. The van der Waals surface area contributed by atoms with Crippen molar-refractivity contribution in [2.45, 2.75) is 77.7 Å². The number of rotatable bonds is 19. The quantitative estimate of drug-likeness (QED) is 0.130. The number of hydrogen-bond acceptors (Lipinski definition) is 9. The van der Waals surface area contributed by atoms with Gasteiger partial charge in [-0.3, -0.25) is 10.1 Å². The molecule has 2 rings (SSSR count). The first-order valence-corrected chi connectivity index (χ1v) is 14.6. The number of nitrogens with zero attached hydrogens (tertiary/aromatic N) is 2. The maximum atomic E-state index is 12.2. The normalized spacial score (nSPS) is 13.0. The molecule has 0 saturated heterocycles. The summed E-state index contributed by atoms with van der Waals surface area (Å²) in [4.78, 5) is 11.9. The Kier molecular flexibility index (Phi) is 13.5. The van der Waals surface area contributed by atoms with Crippen LogP contribution in [-0.4, -0.2) is 52.6 Å². The Balaban J connectivity index is 2.56. The van der Waals surface area contributed by atoms with Crippen molar-refractivity contribution in [3.05, 3.63) is 45.5 Å². The van der Waals surface area contributed by atoms with E-state index in [1.54, 1.807) is 19.2 Å². The van der Waals surface area contributed by atoms with E-state index in [-0.39, 0.29) is 17.3 Å². The molecular formula is C32H46N2O8. The molecule has 2 unspecified atom stereocenters. The van der Waals surface area contributed by atoms with Crippen LogP contribution in [0, 0.1) is 27.4 Å². The summed E-state index contributed by atoms with van der Waals surface area (Å²) in [6.07, 6.45) is 2.84. The Morgan fingerprint density at radius 2 is 1.50 bits per heavy atom. The van der Waals surface area contributed by atoms with Crippen molar-refractivity contribution in [1.29, 1.82) is 5.26 Å². The number of benzene rings is 2. The fourth-order valence-corrected chi connectivity index (χ4v) is 5.79. The first-order chi connectivity index (χ1) is 20.2. The third kappa shape index (κ3) is 7.50. The summed E-state index contributed by atoms with van der Waals surface area (Å²) in [6, 6.07) is 8.96. The minimum atomic E-state index is -1.01. The first-order valence-electron chi connectivity index (χ1n) is 14.6. The van der Waals surface area contributed by atoms with E-state index in [2.05, 4.69) is 19.9 Å². The average molecular weight is 587 g/mol. The highest BCUT2D eigenvalue weighted by atomic mass is 16.6. The highest BCUT2D eigenvalue weighted by molar-refractivity contribution is 5.65. The third-order valence-electron chi connectivity index (χ3n) is 7.84. The van der Waals surface area contributed by atoms with Crippen molar-refractivity contribution >= 4 is 0 Å². The highest BCUT2D eigenvalue weighted by Crippen LogP contribution is 2.54. The van der Waals surface area contributed by atoms with E-state index in [4.69, 9.17) is 28.4 Å². The van der Waals surface area contributed by atoms with E-state index < -0.39 is 11.5 Å². The van der Waals surface area contributed by atoms with Crippen LogP contribution in [0.1, 0.15) is 70.9 Å². The van der Waals surface area contributed by atoms with Gasteiger partial charge in [0.2, 0.25) is 17.5 Å². The molecule has 0 bridgehead atoms. The lowest BCUT2D eigenvalue weighted by Crippen LogP contribution is -2.35. The van der Waals surface area contributed by atoms with Gasteiger partial charge in [-0.2, -0.15) is 5.26 Å². The summed E-state index contributed by atoms with van der Waals surface area (Å²) in [5, 5.41) is 23.1. The van der Waals surface area contributed by atoms with Crippen molar-refractivity contribution < 1.29 is 33.3 Å². The second-order valence-electron chi connectivity index (χ2n) is 10.0. The predicted octanol–water partition coefficient (Wildman–Crippen LogP) is 6.77. The molecule has 0 N–H and O–H groups in total. The van der Waals surface area contributed by atoms with Crippen LogP contribution in [0.4, 0.5) is 0 Å². The molecule has 0 aliphatic carbocycles. The minimum Gasteiger partial charge on any atom is -0.493 e. The standard InChI is InChI=1S/C32H46N2O8/c1-9-23(10-2)32(21-33,25-20-28(41-11-3)30(39-7)31(40-8)29(25)42-12-4)17-13-14-24(34(35)36)18-22-15-16-26(37-5)27(19-22)38-6/h15-16,19-20,23-24H,9-14,17-18H2,1-8H3. The molecule has 0 radical (unpaired) electrons. The molecule has 0 heterocycles. The van der Waals surface area contributed by atoms with Crippen LogP contribution < -0.4 is 28.4 Å². The van der Waals surface area contributed by atoms with Crippen LogP contribution in [0.15, 0.2) is 24.3 Å². The zero-order chi connectivity index (χ0) is 31.3. The molecule has 0 aliphatic heterocycles. The minimum absolute atomic E-state index is 0.0470. The van der Waals surface area contributed by atoms with Gasteiger partial charge in [-0.25, -0.2) is 0 Å². The lowest BCUT2D eigenvalue weighted by atomic mass is 9.65. The second kappa shape index (κ2) is 16.5. The summed E-state index contributed by atoms with van der Waals surface area (Å²) >= 11 is 0. The van der Waals surface area contributed by atoms with Crippen molar-refractivity contribution in [2.75, 3.05) is 41.7 Å². The van der Waals surface area contributed by atoms with Crippen molar-refractivity contribution in [1.82, 2.24) is 0 Å². The Morgan fingerprint density at radius 1 is 0.857 bits per heavy atom. The van der Waals surface area contributed by atoms with Gasteiger partial charge in [-0.05, 0) is 56.4 Å². The zero-order valence-electron chi connectivity index (χ0n) is 26.3.